The molecule has 2 rings (SSSR count). The normalized spacial score (nSPS) is 15.4. The Morgan fingerprint density at radius 3 is 2.69 bits per heavy atom. The molecule has 1 heterocycles. The smallest absolute Gasteiger partial charge is 0.398 e. The minimum absolute atomic E-state index is 0.414. The average Bonchev–Trinajstić information content (AvgIpc) is 2.47. The zero-order chi connectivity index (χ0) is 11.9. The Hall–Kier alpha value is -1.39. The van der Waals surface area contributed by atoms with E-state index < -0.39 is 12.7 Å². The van der Waals surface area contributed by atoms with E-state index in [1.807, 2.05) is 13.0 Å². The van der Waals surface area contributed by atoms with Gasteiger partial charge in [0.05, 0.1) is 0 Å². The van der Waals surface area contributed by atoms with Gasteiger partial charge in [-0.2, -0.15) is 13.2 Å². The van der Waals surface area contributed by atoms with Crippen LogP contribution in [0.4, 0.5) is 24.5 Å². The number of halogens is 3. The van der Waals surface area contributed by atoms with Crippen molar-refractivity contribution < 1.29 is 13.2 Å². The zero-order valence-electron chi connectivity index (χ0n) is 8.93. The molecule has 2 N–H and O–H groups in total. The standard InChI is InChI=1S/C11H13F3N2/c1-7-4-8-2-3-16(6-11(12,13)14)10(8)5-9(7)15/h4-5H,2-3,6,15H2,1H3. The van der Waals surface area contributed by atoms with Crippen molar-refractivity contribution in [3.05, 3.63) is 23.3 Å². The second-order valence-electron chi connectivity index (χ2n) is 4.12. The predicted octanol–water partition coefficient (Wildman–Crippen LogP) is 2.50. The van der Waals surface area contributed by atoms with Crippen LogP contribution in [-0.4, -0.2) is 19.3 Å². The highest BCUT2D eigenvalue weighted by molar-refractivity contribution is 5.67. The molecule has 88 valence electrons. The summed E-state index contributed by atoms with van der Waals surface area (Å²) in [6.45, 7) is 1.38. The number of nitrogens with two attached hydrogens (primary N) is 1. The number of hydrogen-bond donors (Lipinski definition) is 1. The number of hydrogen-bond acceptors (Lipinski definition) is 2. The van der Waals surface area contributed by atoms with E-state index in [9.17, 15) is 13.2 Å². The SMILES string of the molecule is Cc1cc2c(cc1N)N(CC(F)(F)F)CC2. The fourth-order valence-electron chi connectivity index (χ4n) is 2.02. The predicted molar refractivity (Wildman–Crippen MR) is 57.6 cm³/mol. The largest absolute Gasteiger partial charge is 0.405 e. The molecule has 0 fully saturated rings. The molecule has 0 unspecified atom stereocenters. The molecular weight excluding hydrogens is 217 g/mol. The average molecular weight is 230 g/mol. The maximum atomic E-state index is 12.3. The van der Waals surface area contributed by atoms with Gasteiger partial charge in [0.2, 0.25) is 0 Å². The van der Waals surface area contributed by atoms with Crippen molar-refractivity contribution in [2.45, 2.75) is 19.5 Å². The fraction of sp³-hybridized carbons (Fsp3) is 0.455. The van der Waals surface area contributed by atoms with Gasteiger partial charge in [0, 0.05) is 17.9 Å². The Kier molecular flexibility index (Phi) is 2.48. The van der Waals surface area contributed by atoms with Gasteiger partial charge in [0.25, 0.3) is 0 Å². The molecule has 0 saturated heterocycles. The van der Waals surface area contributed by atoms with E-state index in [4.69, 9.17) is 5.73 Å². The number of nitrogens with zero attached hydrogens (tertiary/aromatic N) is 1. The summed E-state index contributed by atoms with van der Waals surface area (Å²) in [6.07, 6.45) is -3.51. The molecule has 0 aromatic heterocycles. The molecule has 2 nitrogen and oxygen atoms in total. The summed E-state index contributed by atoms with van der Waals surface area (Å²) in [7, 11) is 0. The lowest BCUT2D eigenvalue weighted by atomic mass is 10.1. The molecule has 0 bridgehead atoms. The Bertz CT molecular complexity index is 412. The van der Waals surface area contributed by atoms with Crippen LogP contribution in [0.1, 0.15) is 11.1 Å². The van der Waals surface area contributed by atoms with Gasteiger partial charge in [-0.05, 0) is 30.5 Å². The van der Waals surface area contributed by atoms with Crippen LogP contribution in [0, 0.1) is 6.92 Å². The first-order valence-corrected chi connectivity index (χ1v) is 5.07. The Balaban J connectivity index is 2.29. The summed E-state index contributed by atoms with van der Waals surface area (Å²) in [5.41, 5.74) is 8.76. The van der Waals surface area contributed by atoms with Crippen LogP contribution < -0.4 is 10.6 Å². The molecule has 1 aliphatic rings. The highest BCUT2D eigenvalue weighted by Crippen LogP contribution is 2.33. The van der Waals surface area contributed by atoms with Gasteiger partial charge < -0.3 is 10.6 Å². The molecule has 16 heavy (non-hydrogen) atoms. The van der Waals surface area contributed by atoms with Gasteiger partial charge in [-0.15, -0.1) is 0 Å². The van der Waals surface area contributed by atoms with E-state index in [1.54, 1.807) is 6.07 Å². The van der Waals surface area contributed by atoms with Gasteiger partial charge in [0.1, 0.15) is 6.54 Å². The summed E-state index contributed by atoms with van der Waals surface area (Å²) in [6, 6.07) is 3.52. The Morgan fingerprint density at radius 1 is 1.38 bits per heavy atom. The van der Waals surface area contributed by atoms with Crippen LogP contribution in [0.5, 0.6) is 0 Å². The lowest BCUT2D eigenvalue weighted by Gasteiger charge is -2.21. The first-order chi connectivity index (χ1) is 7.37. The number of benzene rings is 1. The van der Waals surface area contributed by atoms with Crippen LogP contribution in [0.15, 0.2) is 12.1 Å². The Labute approximate surface area is 91.8 Å². The minimum atomic E-state index is -4.17. The lowest BCUT2D eigenvalue weighted by molar-refractivity contribution is -0.119. The molecular formula is C11H13F3N2. The van der Waals surface area contributed by atoms with Gasteiger partial charge in [-0.1, -0.05) is 6.07 Å². The van der Waals surface area contributed by atoms with Crippen LogP contribution in [0.2, 0.25) is 0 Å². The Morgan fingerprint density at radius 2 is 2.06 bits per heavy atom. The maximum absolute atomic E-state index is 12.3. The summed E-state index contributed by atoms with van der Waals surface area (Å²) in [5.74, 6) is 0. The van der Waals surface area contributed by atoms with Crippen LogP contribution in [0.3, 0.4) is 0 Å². The third-order valence-corrected chi connectivity index (χ3v) is 2.83. The fourth-order valence-corrected chi connectivity index (χ4v) is 2.02. The van der Waals surface area contributed by atoms with Crippen molar-refractivity contribution in [3.8, 4) is 0 Å². The molecule has 0 radical (unpaired) electrons. The van der Waals surface area contributed by atoms with Crippen LogP contribution in [-0.2, 0) is 6.42 Å². The lowest BCUT2D eigenvalue weighted by Crippen LogP contribution is -2.32. The number of aryl methyl sites for hydroxylation is 1. The monoisotopic (exact) mass is 230 g/mol. The second-order valence-corrected chi connectivity index (χ2v) is 4.12. The third-order valence-electron chi connectivity index (χ3n) is 2.83. The molecule has 1 aliphatic heterocycles. The van der Waals surface area contributed by atoms with E-state index in [2.05, 4.69) is 0 Å². The van der Waals surface area contributed by atoms with Gasteiger partial charge in [-0.25, -0.2) is 0 Å². The number of rotatable bonds is 1. The number of anilines is 2. The van der Waals surface area contributed by atoms with Crippen LogP contribution >= 0.6 is 0 Å². The summed E-state index contributed by atoms with van der Waals surface area (Å²) >= 11 is 0. The number of alkyl halides is 3. The van der Waals surface area contributed by atoms with E-state index >= 15 is 0 Å². The van der Waals surface area contributed by atoms with E-state index in [1.165, 1.54) is 4.90 Å². The van der Waals surface area contributed by atoms with E-state index in [0.717, 1.165) is 11.1 Å². The maximum Gasteiger partial charge on any atom is 0.405 e. The van der Waals surface area contributed by atoms with Gasteiger partial charge in [0.15, 0.2) is 0 Å². The highest BCUT2D eigenvalue weighted by atomic mass is 19.4. The minimum Gasteiger partial charge on any atom is -0.398 e. The number of nitrogen functional groups attached to an aromatic ring is 1. The van der Waals surface area contributed by atoms with Crippen molar-refractivity contribution in [1.29, 1.82) is 0 Å². The van der Waals surface area contributed by atoms with Gasteiger partial charge in [-0.3, -0.25) is 0 Å². The number of fused-ring (bicyclic) bond motifs is 1. The molecule has 0 spiro atoms. The first-order valence-electron chi connectivity index (χ1n) is 5.07. The molecule has 0 aliphatic carbocycles. The van der Waals surface area contributed by atoms with E-state index in [-0.39, 0.29) is 0 Å². The van der Waals surface area contributed by atoms with Crippen molar-refractivity contribution in [2.24, 2.45) is 0 Å². The van der Waals surface area contributed by atoms with Crippen molar-refractivity contribution in [3.63, 3.8) is 0 Å². The molecule has 1 aromatic rings. The summed E-state index contributed by atoms with van der Waals surface area (Å²) in [5, 5.41) is 0. The van der Waals surface area contributed by atoms with Crippen molar-refractivity contribution >= 4 is 11.4 Å². The summed E-state index contributed by atoms with van der Waals surface area (Å²) in [4.78, 5) is 1.34. The van der Waals surface area contributed by atoms with E-state index in [0.29, 0.717) is 24.3 Å². The quantitative estimate of drug-likeness (QED) is 0.751. The van der Waals surface area contributed by atoms with Gasteiger partial charge >= 0.3 is 6.18 Å². The molecule has 5 heteroatoms. The molecule has 0 amide bonds. The topological polar surface area (TPSA) is 29.3 Å². The second kappa shape index (κ2) is 3.57. The first kappa shape index (κ1) is 11.1. The molecule has 1 aromatic carbocycles. The highest BCUT2D eigenvalue weighted by Gasteiger charge is 2.33. The third kappa shape index (κ3) is 2.08. The molecule has 0 saturated carbocycles. The van der Waals surface area contributed by atoms with Crippen LogP contribution in [0.25, 0.3) is 0 Å². The van der Waals surface area contributed by atoms with Crippen molar-refractivity contribution in [1.82, 2.24) is 0 Å². The zero-order valence-corrected chi connectivity index (χ0v) is 8.93. The van der Waals surface area contributed by atoms with Crippen molar-refractivity contribution in [2.75, 3.05) is 23.7 Å². The summed E-state index contributed by atoms with van der Waals surface area (Å²) < 4.78 is 36.9. The molecule has 0 atom stereocenters.